The summed E-state index contributed by atoms with van der Waals surface area (Å²) in [5.41, 5.74) is 1.72. The van der Waals surface area contributed by atoms with Gasteiger partial charge in [-0.2, -0.15) is 0 Å². The fraction of sp³-hybridized carbons (Fsp3) is 0.462. The normalized spacial score (nSPS) is 18.9. The van der Waals surface area contributed by atoms with Crippen LogP contribution in [0, 0.1) is 6.92 Å². The lowest BCUT2D eigenvalue weighted by Crippen LogP contribution is -2.27. The third kappa shape index (κ3) is 3.46. The molecule has 5 heteroatoms. The summed E-state index contributed by atoms with van der Waals surface area (Å²) in [4.78, 5) is 11.9. The molecule has 1 aliphatic rings. The second-order valence-electron chi connectivity index (χ2n) is 4.63. The lowest BCUT2D eigenvalue weighted by atomic mass is 10.1. The number of carbonyl (C=O) groups excluding carboxylic acids is 1. The van der Waals surface area contributed by atoms with Crippen LogP contribution in [0.3, 0.4) is 0 Å². The van der Waals surface area contributed by atoms with E-state index in [2.05, 4.69) is 26.6 Å². The molecule has 1 aromatic carbocycles. The quantitative estimate of drug-likeness (QED) is 0.890. The molecule has 0 aliphatic carbocycles. The molecule has 2 rings (SSSR count). The number of halogens is 2. The zero-order chi connectivity index (χ0) is 13.1. The lowest BCUT2D eigenvalue weighted by Gasteiger charge is -2.12. The van der Waals surface area contributed by atoms with Gasteiger partial charge in [-0.05, 0) is 59.9 Å². The van der Waals surface area contributed by atoms with Crippen LogP contribution in [0.15, 0.2) is 16.6 Å². The maximum Gasteiger partial charge on any atom is 0.225 e. The van der Waals surface area contributed by atoms with Crippen LogP contribution in [0.5, 0.6) is 0 Å². The topological polar surface area (TPSA) is 41.1 Å². The number of hydrogen-bond donors (Lipinski definition) is 2. The van der Waals surface area contributed by atoms with E-state index in [4.69, 9.17) is 11.6 Å². The third-order valence-corrected chi connectivity index (χ3v) is 4.18. The number of anilines is 1. The van der Waals surface area contributed by atoms with Crippen molar-refractivity contribution in [1.82, 2.24) is 5.32 Å². The van der Waals surface area contributed by atoms with E-state index in [9.17, 15) is 4.79 Å². The number of aryl methyl sites for hydroxylation is 1. The van der Waals surface area contributed by atoms with Gasteiger partial charge in [0.15, 0.2) is 0 Å². The fourth-order valence-corrected chi connectivity index (χ4v) is 2.82. The Morgan fingerprint density at radius 3 is 3.06 bits per heavy atom. The first-order valence-electron chi connectivity index (χ1n) is 6.05. The maximum atomic E-state index is 11.9. The molecule has 1 aliphatic heterocycles. The van der Waals surface area contributed by atoms with Gasteiger partial charge in [-0.15, -0.1) is 0 Å². The summed E-state index contributed by atoms with van der Waals surface area (Å²) in [5, 5.41) is 6.86. The highest BCUT2D eigenvalue weighted by atomic mass is 79.9. The second-order valence-corrected chi connectivity index (χ2v) is 5.89. The van der Waals surface area contributed by atoms with Gasteiger partial charge >= 0.3 is 0 Å². The van der Waals surface area contributed by atoms with Crippen LogP contribution >= 0.6 is 27.5 Å². The van der Waals surface area contributed by atoms with Gasteiger partial charge in [-0.3, -0.25) is 4.79 Å². The SMILES string of the molecule is Cc1cc(Br)c(NC(=O)CC2CCCN2)cc1Cl. The van der Waals surface area contributed by atoms with Crippen LogP contribution in [0.25, 0.3) is 0 Å². The van der Waals surface area contributed by atoms with Gasteiger partial charge in [0.2, 0.25) is 5.91 Å². The van der Waals surface area contributed by atoms with Crippen molar-refractivity contribution in [3.8, 4) is 0 Å². The molecule has 1 fully saturated rings. The summed E-state index contributed by atoms with van der Waals surface area (Å²) in [7, 11) is 0. The molecule has 0 bridgehead atoms. The van der Waals surface area contributed by atoms with Gasteiger partial charge in [0.25, 0.3) is 0 Å². The highest BCUT2D eigenvalue weighted by Gasteiger charge is 2.18. The third-order valence-electron chi connectivity index (χ3n) is 3.12. The van der Waals surface area contributed by atoms with Crippen molar-refractivity contribution in [2.24, 2.45) is 0 Å². The molecule has 1 heterocycles. The standard InChI is InChI=1S/C13H16BrClN2O/c1-8-5-10(14)12(7-11(8)15)17-13(18)6-9-3-2-4-16-9/h5,7,9,16H,2-4,6H2,1H3,(H,17,18). The van der Waals surface area contributed by atoms with E-state index in [0.29, 0.717) is 17.5 Å². The molecule has 18 heavy (non-hydrogen) atoms. The molecule has 0 spiro atoms. The van der Waals surface area contributed by atoms with Crippen LogP contribution in [0.2, 0.25) is 5.02 Å². The Labute approximate surface area is 120 Å². The summed E-state index contributed by atoms with van der Waals surface area (Å²) in [6.07, 6.45) is 2.74. The van der Waals surface area contributed by atoms with Gasteiger partial charge in [-0.25, -0.2) is 0 Å². The first-order chi connectivity index (χ1) is 8.56. The molecule has 98 valence electrons. The Morgan fingerprint density at radius 1 is 1.61 bits per heavy atom. The number of rotatable bonds is 3. The molecule has 1 aromatic rings. The van der Waals surface area contributed by atoms with Crippen LogP contribution in [0.4, 0.5) is 5.69 Å². The zero-order valence-electron chi connectivity index (χ0n) is 10.2. The summed E-state index contributed by atoms with van der Waals surface area (Å²) < 4.78 is 0.858. The van der Waals surface area contributed by atoms with Gasteiger partial charge < -0.3 is 10.6 Å². The Bertz CT molecular complexity index is 459. The van der Waals surface area contributed by atoms with Crippen LogP contribution in [-0.4, -0.2) is 18.5 Å². The molecule has 2 N–H and O–H groups in total. The Morgan fingerprint density at radius 2 is 2.39 bits per heavy atom. The predicted octanol–water partition coefficient (Wildman–Crippen LogP) is 3.49. The minimum Gasteiger partial charge on any atom is -0.325 e. The van der Waals surface area contributed by atoms with E-state index in [1.807, 2.05) is 13.0 Å². The average Bonchev–Trinajstić information content (AvgIpc) is 2.78. The Balaban J connectivity index is 2.00. The van der Waals surface area contributed by atoms with Crippen LogP contribution in [-0.2, 0) is 4.79 Å². The molecule has 1 unspecified atom stereocenters. The highest BCUT2D eigenvalue weighted by Crippen LogP contribution is 2.29. The van der Waals surface area contributed by atoms with Crippen molar-refractivity contribution in [1.29, 1.82) is 0 Å². The van der Waals surface area contributed by atoms with Gasteiger partial charge in [0.1, 0.15) is 0 Å². The van der Waals surface area contributed by atoms with Gasteiger partial charge in [0.05, 0.1) is 5.69 Å². The smallest absolute Gasteiger partial charge is 0.225 e. The Hall–Kier alpha value is -0.580. The largest absolute Gasteiger partial charge is 0.325 e. The van der Waals surface area contributed by atoms with Crippen molar-refractivity contribution in [3.05, 3.63) is 27.2 Å². The first-order valence-corrected chi connectivity index (χ1v) is 7.22. The number of hydrogen-bond acceptors (Lipinski definition) is 2. The highest BCUT2D eigenvalue weighted by molar-refractivity contribution is 9.10. The maximum absolute atomic E-state index is 11.9. The van der Waals surface area contributed by atoms with E-state index in [1.54, 1.807) is 6.07 Å². The van der Waals surface area contributed by atoms with Crippen LogP contribution in [0.1, 0.15) is 24.8 Å². The van der Waals surface area contributed by atoms with E-state index in [-0.39, 0.29) is 5.91 Å². The summed E-state index contributed by atoms with van der Waals surface area (Å²) >= 11 is 9.49. The number of nitrogens with one attached hydrogen (secondary N) is 2. The van der Waals surface area contributed by atoms with Crippen molar-refractivity contribution >= 4 is 39.1 Å². The zero-order valence-corrected chi connectivity index (χ0v) is 12.6. The van der Waals surface area contributed by atoms with Crippen molar-refractivity contribution in [2.75, 3.05) is 11.9 Å². The molecule has 3 nitrogen and oxygen atoms in total. The second kappa shape index (κ2) is 6.04. The minimum atomic E-state index is 0.0232. The Kier molecular flexibility index (Phi) is 4.65. The molecule has 0 radical (unpaired) electrons. The summed E-state index contributed by atoms with van der Waals surface area (Å²) in [6.45, 7) is 2.94. The van der Waals surface area contributed by atoms with Crippen molar-refractivity contribution < 1.29 is 4.79 Å². The molecular weight excluding hydrogens is 316 g/mol. The molecule has 1 saturated heterocycles. The predicted molar refractivity (Wildman–Crippen MR) is 78.2 cm³/mol. The van der Waals surface area contributed by atoms with Gasteiger partial charge in [0, 0.05) is 22.0 Å². The number of carbonyl (C=O) groups is 1. The minimum absolute atomic E-state index is 0.0232. The fourth-order valence-electron chi connectivity index (χ4n) is 2.10. The molecular formula is C13H16BrClN2O. The average molecular weight is 332 g/mol. The first kappa shape index (κ1) is 13.8. The van der Waals surface area contributed by atoms with E-state index in [1.165, 1.54) is 0 Å². The van der Waals surface area contributed by atoms with E-state index >= 15 is 0 Å². The summed E-state index contributed by atoms with van der Waals surface area (Å²) in [5.74, 6) is 0.0232. The molecule has 1 amide bonds. The van der Waals surface area contributed by atoms with E-state index in [0.717, 1.165) is 35.1 Å². The molecule has 0 aromatic heterocycles. The van der Waals surface area contributed by atoms with Gasteiger partial charge in [-0.1, -0.05) is 11.6 Å². The van der Waals surface area contributed by atoms with Crippen molar-refractivity contribution in [3.63, 3.8) is 0 Å². The number of benzene rings is 1. The van der Waals surface area contributed by atoms with Crippen molar-refractivity contribution in [2.45, 2.75) is 32.2 Å². The molecule has 0 saturated carbocycles. The monoisotopic (exact) mass is 330 g/mol. The summed E-state index contributed by atoms with van der Waals surface area (Å²) in [6, 6.07) is 4.00. The van der Waals surface area contributed by atoms with Crippen LogP contribution < -0.4 is 10.6 Å². The molecule has 1 atom stereocenters. The van der Waals surface area contributed by atoms with E-state index < -0.39 is 0 Å². The number of amides is 1. The lowest BCUT2D eigenvalue weighted by molar-refractivity contribution is -0.116.